The van der Waals surface area contributed by atoms with E-state index in [0.29, 0.717) is 5.41 Å². The van der Waals surface area contributed by atoms with E-state index in [2.05, 4.69) is 28.0 Å². The van der Waals surface area contributed by atoms with E-state index < -0.39 is 5.60 Å². The highest BCUT2D eigenvalue weighted by Gasteiger charge is 2.45. The zero-order valence-electron chi connectivity index (χ0n) is 12.4. The topological polar surface area (TPSA) is 38.0 Å². The first kappa shape index (κ1) is 14.6. The molecule has 1 aromatic heterocycles. The van der Waals surface area contributed by atoms with Gasteiger partial charge in [-0.15, -0.1) is 0 Å². The van der Waals surface area contributed by atoms with Crippen LogP contribution in [0.5, 0.6) is 0 Å². The molecule has 0 aromatic carbocycles. The van der Waals surface area contributed by atoms with Gasteiger partial charge in [0.2, 0.25) is 0 Å². The van der Waals surface area contributed by atoms with Gasteiger partial charge in [0, 0.05) is 6.54 Å². The highest BCUT2D eigenvalue weighted by Crippen LogP contribution is 2.54. The van der Waals surface area contributed by atoms with E-state index in [1.807, 2.05) is 10.9 Å². The molecular weight excluding hydrogens is 316 g/mol. The molecule has 3 nitrogen and oxygen atoms in total. The number of nitrogens with zero attached hydrogens (tertiary/aromatic N) is 2. The summed E-state index contributed by atoms with van der Waals surface area (Å²) in [4.78, 5) is 0. The largest absolute Gasteiger partial charge is 0.384 e. The lowest BCUT2D eigenvalue weighted by molar-refractivity contribution is -0.0446. The number of aryl methyl sites for hydroxylation is 1. The molecule has 0 unspecified atom stereocenters. The fourth-order valence-electron chi connectivity index (χ4n) is 4.26. The van der Waals surface area contributed by atoms with Crippen molar-refractivity contribution in [3.8, 4) is 0 Å². The van der Waals surface area contributed by atoms with Crippen LogP contribution in [0.4, 0.5) is 0 Å². The minimum absolute atomic E-state index is 0.550. The highest BCUT2D eigenvalue weighted by atomic mass is 79.9. The Kier molecular flexibility index (Phi) is 3.97. The van der Waals surface area contributed by atoms with Crippen LogP contribution in [0.15, 0.2) is 10.7 Å². The van der Waals surface area contributed by atoms with Gasteiger partial charge < -0.3 is 5.11 Å². The van der Waals surface area contributed by atoms with Crippen molar-refractivity contribution in [1.29, 1.82) is 0 Å². The van der Waals surface area contributed by atoms with Crippen LogP contribution in [0.2, 0.25) is 0 Å². The van der Waals surface area contributed by atoms with Gasteiger partial charge in [0.25, 0.3) is 0 Å². The molecule has 0 saturated heterocycles. The van der Waals surface area contributed by atoms with Crippen molar-refractivity contribution in [2.24, 2.45) is 5.41 Å². The summed E-state index contributed by atoms with van der Waals surface area (Å²) in [6, 6.07) is 0. The number of halogens is 1. The van der Waals surface area contributed by atoms with Crippen LogP contribution in [0.1, 0.15) is 70.4 Å². The summed E-state index contributed by atoms with van der Waals surface area (Å²) in [6.07, 6.45) is 12.5. The standard InChI is InChI=1S/C16H25BrN2O/c1-2-11-19-14(13(17)12-18-19)16(20)9-7-15(8-10-16)5-3-4-6-15/h12,20H,2-11H2,1H3. The predicted octanol–water partition coefficient (Wildman–Crippen LogP) is 4.38. The molecule has 0 atom stereocenters. The second kappa shape index (κ2) is 5.45. The average molecular weight is 341 g/mol. The molecule has 1 N–H and O–H groups in total. The average Bonchev–Trinajstić information content (AvgIpc) is 3.03. The lowest BCUT2D eigenvalue weighted by Crippen LogP contribution is -2.38. The lowest BCUT2D eigenvalue weighted by atomic mass is 9.67. The first-order valence-corrected chi connectivity index (χ1v) is 8.82. The van der Waals surface area contributed by atoms with E-state index in [9.17, 15) is 5.11 Å². The monoisotopic (exact) mass is 340 g/mol. The summed E-state index contributed by atoms with van der Waals surface area (Å²) in [7, 11) is 0. The molecule has 1 spiro atoms. The Balaban J connectivity index is 1.81. The fraction of sp³-hybridized carbons (Fsp3) is 0.812. The summed E-state index contributed by atoms with van der Waals surface area (Å²) < 4.78 is 2.97. The maximum Gasteiger partial charge on any atom is 0.107 e. The molecule has 2 aliphatic carbocycles. The van der Waals surface area contributed by atoms with E-state index in [1.165, 1.54) is 38.5 Å². The van der Waals surface area contributed by atoms with Gasteiger partial charge in [0.15, 0.2) is 0 Å². The summed E-state index contributed by atoms with van der Waals surface area (Å²) in [5.41, 5.74) is 0.874. The first-order chi connectivity index (χ1) is 9.59. The minimum Gasteiger partial charge on any atom is -0.384 e. The van der Waals surface area contributed by atoms with Gasteiger partial charge in [0.1, 0.15) is 5.60 Å². The molecule has 0 amide bonds. The van der Waals surface area contributed by atoms with Crippen molar-refractivity contribution in [1.82, 2.24) is 9.78 Å². The Hall–Kier alpha value is -0.350. The normalized spacial score (nSPS) is 24.4. The van der Waals surface area contributed by atoms with E-state index in [4.69, 9.17) is 0 Å². The second-order valence-corrected chi connectivity index (χ2v) is 7.66. The van der Waals surface area contributed by atoms with Crippen LogP contribution in [-0.4, -0.2) is 14.9 Å². The Bertz CT molecular complexity index is 467. The molecule has 1 heterocycles. The van der Waals surface area contributed by atoms with Gasteiger partial charge in [-0.2, -0.15) is 5.10 Å². The maximum atomic E-state index is 11.2. The van der Waals surface area contributed by atoms with Gasteiger partial charge in [-0.05, 0) is 66.3 Å². The molecule has 0 aliphatic heterocycles. The van der Waals surface area contributed by atoms with Gasteiger partial charge in [-0.25, -0.2) is 0 Å². The van der Waals surface area contributed by atoms with Crippen molar-refractivity contribution in [2.45, 2.75) is 76.9 Å². The Morgan fingerprint density at radius 2 is 1.85 bits per heavy atom. The molecule has 2 fully saturated rings. The number of rotatable bonds is 3. The summed E-state index contributed by atoms with van der Waals surface area (Å²) in [5, 5.41) is 15.6. The van der Waals surface area contributed by atoms with E-state index in [0.717, 1.165) is 36.0 Å². The maximum absolute atomic E-state index is 11.2. The van der Waals surface area contributed by atoms with E-state index >= 15 is 0 Å². The van der Waals surface area contributed by atoms with Crippen molar-refractivity contribution in [3.05, 3.63) is 16.4 Å². The van der Waals surface area contributed by atoms with Crippen LogP contribution < -0.4 is 0 Å². The van der Waals surface area contributed by atoms with Crippen LogP contribution >= 0.6 is 15.9 Å². The van der Waals surface area contributed by atoms with Crippen LogP contribution in [0.3, 0.4) is 0 Å². The summed E-state index contributed by atoms with van der Waals surface area (Å²) in [6.45, 7) is 3.03. The fourth-order valence-corrected chi connectivity index (χ4v) is 4.93. The van der Waals surface area contributed by atoms with Crippen molar-refractivity contribution >= 4 is 15.9 Å². The molecule has 3 rings (SSSR count). The smallest absolute Gasteiger partial charge is 0.107 e. The molecule has 0 bridgehead atoms. The molecule has 112 valence electrons. The van der Waals surface area contributed by atoms with Crippen molar-refractivity contribution in [2.75, 3.05) is 0 Å². The third-order valence-electron chi connectivity index (χ3n) is 5.47. The van der Waals surface area contributed by atoms with Gasteiger partial charge in [0.05, 0.1) is 16.4 Å². The first-order valence-electron chi connectivity index (χ1n) is 8.03. The van der Waals surface area contributed by atoms with Gasteiger partial charge in [-0.1, -0.05) is 19.8 Å². The number of aliphatic hydroxyl groups is 1. The summed E-state index contributed by atoms with van der Waals surface area (Å²) in [5.74, 6) is 0. The zero-order chi connectivity index (χ0) is 14.2. The molecule has 2 aliphatic rings. The molecule has 2 saturated carbocycles. The van der Waals surface area contributed by atoms with E-state index in [1.54, 1.807) is 0 Å². The highest BCUT2D eigenvalue weighted by molar-refractivity contribution is 9.10. The summed E-state index contributed by atoms with van der Waals surface area (Å²) >= 11 is 3.59. The Morgan fingerprint density at radius 1 is 1.20 bits per heavy atom. The molecular formula is C16H25BrN2O. The second-order valence-electron chi connectivity index (χ2n) is 6.80. The van der Waals surface area contributed by atoms with Crippen molar-refractivity contribution < 1.29 is 5.11 Å². The minimum atomic E-state index is -0.682. The van der Waals surface area contributed by atoms with E-state index in [-0.39, 0.29) is 0 Å². The number of hydrogen-bond acceptors (Lipinski definition) is 2. The predicted molar refractivity (Wildman–Crippen MR) is 83.5 cm³/mol. The van der Waals surface area contributed by atoms with Crippen LogP contribution in [-0.2, 0) is 12.1 Å². The molecule has 20 heavy (non-hydrogen) atoms. The Labute approximate surface area is 129 Å². The lowest BCUT2D eigenvalue weighted by Gasteiger charge is -2.42. The van der Waals surface area contributed by atoms with Crippen molar-refractivity contribution in [3.63, 3.8) is 0 Å². The number of aromatic nitrogens is 2. The Morgan fingerprint density at radius 3 is 2.45 bits per heavy atom. The molecule has 0 radical (unpaired) electrons. The van der Waals surface area contributed by atoms with Gasteiger partial charge >= 0.3 is 0 Å². The number of hydrogen-bond donors (Lipinski definition) is 1. The van der Waals surface area contributed by atoms with Crippen LogP contribution in [0, 0.1) is 5.41 Å². The molecule has 4 heteroatoms. The van der Waals surface area contributed by atoms with Gasteiger partial charge in [-0.3, -0.25) is 4.68 Å². The third-order valence-corrected chi connectivity index (χ3v) is 6.05. The SMILES string of the molecule is CCCn1ncc(Br)c1C1(O)CCC2(CCCC2)CC1. The zero-order valence-corrected chi connectivity index (χ0v) is 14.0. The van der Waals surface area contributed by atoms with Crippen LogP contribution in [0.25, 0.3) is 0 Å². The third kappa shape index (κ3) is 2.45. The molecule has 1 aromatic rings. The quantitative estimate of drug-likeness (QED) is 0.886.